The molecular weight excluding hydrogens is 271 g/mol. The monoisotopic (exact) mass is 294 g/mol. The first kappa shape index (κ1) is 15.9. The summed E-state index contributed by atoms with van der Waals surface area (Å²) in [5, 5.41) is 14.1. The zero-order valence-corrected chi connectivity index (χ0v) is 12.5. The van der Waals surface area contributed by atoms with E-state index < -0.39 is 10.7 Å². The Bertz CT molecular complexity index is 485. The van der Waals surface area contributed by atoms with Gasteiger partial charge < -0.3 is 5.32 Å². The number of halogens is 1. The van der Waals surface area contributed by atoms with Crippen LogP contribution in [0.3, 0.4) is 0 Å². The van der Waals surface area contributed by atoms with Crippen LogP contribution in [0.5, 0.6) is 0 Å². The van der Waals surface area contributed by atoms with Crippen LogP contribution in [0.4, 0.5) is 10.1 Å². The molecule has 1 aromatic carbocycles. The standard InChI is InChI=1S/C16H23FN2O2/c1-12(14-6-4-2-3-5-7-14)18-11-13-8-15(17)10-16(9-13)19(20)21/h8-10,12,14,18H,2-7,11H2,1H3/t12-/m1/s1. The van der Waals surface area contributed by atoms with Gasteiger partial charge in [-0.3, -0.25) is 10.1 Å². The summed E-state index contributed by atoms with van der Waals surface area (Å²) in [5.74, 6) is 0.0964. The highest BCUT2D eigenvalue weighted by molar-refractivity contribution is 5.35. The van der Waals surface area contributed by atoms with Gasteiger partial charge in [0.1, 0.15) is 5.82 Å². The Morgan fingerprint density at radius 3 is 2.57 bits per heavy atom. The maximum absolute atomic E-state index is 13.4. The van der Waals surface area contributed by atoms with Crippen molar-refractivity contribution in [2.75, 3.05) is 0 Å². The Labute approximate surface area is 124 Å². The lowest BCUT2D eigenvalue weighted by Crippen LogP contribution is -2.33. The zero-order valence-electron chi connectivity index (χ0n) is 12.5. The molecule has 0 radical (unpaired) electrons. The number of nitrogens with zero attached hydrogens (tertiary/aromatic N) is 1. The topological polar surface area (TPSA) is 55.2 Å². The van der Waals surface area contributed by atoms with E-state index in [4.69, 9.17) is 0 Å². The SMILES string of the molecule is C[C@@H](NCc1cc(F)cc([N+](=O)[O-])c1)C1CCCCCC1. The quantitative estimate of drug-likeness (QED) is 0.503. The molecule has 5 heteroatoms. The van der Waals surface area contributed by atoms with E-state index in [0.29, 0.717) is 24.1 Å². The summed E-state index contributed by atoms with van der Waals surface area (Å²) in [6.45, 7) is 2.62. The summed E-state index contributed by atoms with van der Waals surface area (Å²) in [7, 11) is 0. The van der Waals surface area contributed by atoms with Gasteiger partial charge in [-0.05, 0) is 37.3 Å². The van der Waals surface area contributed by atoms with Gasteiger partial charge in [0.25, 0.3) is 5.69 Å². The maximum atomic E-state index is 13.4. The second-order valence-electron chi connectivity index (χ2n) is 6.00. The van der Waals surface area contributed by atoms with Gasteiger partial charge in [0, 0.05) is 18.7 Å². The fourth-order valence-electron chi connectivity index (χ4n) is 3.10. The molecule has 2 rings (SSSR count). The summed E-state index contributed by atoms with van der Waals surface area (Å²) in [6.07, 6.45) is 7.66. The van der Waals surface area contributed by atoms with E-state index in [1.165, 1.54) is 50.7 Å². The lowest BCUT2D eigenvalue weighted by molar-refractivity contribution is -0.385. The van der Waals surface area contributed by atoms with Gasteiger partial charge in [0.05, 0.1) is 11.0 Å². The molecule has 0 saturated heterocycles. The van der Waals surface area contributed by atoms with Crippen molar-refractivity contribution in [2.24, 2.45) is 5.92 Å². The van der Waals surface area contributed by atoms with Crippen molar-refractivity contribution in [3.63, 3.8) is 0 Å². The fourth-order valence-corrected chi connectivity index (χ4v) is 3.10. The molecule has 1 aliphatic carbocycles. The zero-order chi connectivity index (χ0) is 15.2. The van der Waals surface area contributed by atoms with Crippen molar-refractivity contribution in [2.45, 2.75) is 58.0 Å². The lowest BCUT2D eigenvalue weighted by Gasteiger charge is -2.23. The van der Waals surface area contributed by atoms with E-state index in [1.54, 1.807) is 0 Å². The molecule has 0 aromatic heterocycles. The minimum absolute atomic E-state index is 0.186. The Hall–Kier alpha value is -1.49. The molecule has 0 unspecified atom stereocenters. The van der Waals surface area contributed by atoms with Crippen LogP contribution in [0.1, 0.15) is 51.0 Å². The van der Waals surface area contributed by atoms with Crippen LogP contribution < -0.4 is 5.32 Å². The van der Waals surface area contributed by atoms with Crippen molar-refractivity contribution in [1.82, 2.24) is 5.32 Å². The molecule has 0 amide bonds. The molecule has 0 bridgehead atoms. The average Bonchev–Trinajstić information content (AvgIpc) is 2.73. The van der Waals surface area contributed by atoms with E-state index >= 15 is 0 Å². The van der Waals surface area contributed by atoms with Crippen LogP contribution in [0.2, 0.25) is 0 Å². The predicted molar refractivity (Wildman–Crippen MR) is 80.5 cm³/mol. The first-order valence-electron chi connectivity index (χ1n) is 7.73. The normalized spacial score (nSPS) is 18.2. The number of nitro benzene ring substituents is 1. The van der Waals surface area contributed by atoms with Crippen molar-refractivity contribution >= 4 is 5.69 Å². The second-order valence-corrected chi connectivity index (χ2v) is 6.00. The number of nitro groups is 1. The molecule has 1 fully saturated rings. The van der Waals surface area contributed by atoms with Crippen LogP contribution in [0.25, 0.3) is 0 Å². The van der Waals surface area contributed by atoms with Gasteiger partial charge in [0.15, 0.2) is 0 Å². The molecule has 1 saturated carbocycles. The van der Waals surface area contributed by atoms with E-state index in [9.17, 15) is 14.5 Å². The number of nitrogens with one attached hydrogen (secondary N) is 1. The van der Waals surface area contributed by atoms with E-state index in [1.807, 2.05) is 0 Å². The summed E-state index contributed by atoms with van der Waals surface area (Å²) in [4.78, 5) is 10.2. The number of hydrogen-bond donors (Lipinski definition) is 1. The predicted octanol–water partition coefficient (Wildman–Crippen LogP) is 4.18. The second kappa shape index (κ2) is 7.50. The Morgan fingerprint density at radius 1 is 1.29 bits per heavy atom. The number of benzene rings is 1. The number of non-ortho nitro benzene ring substituents is 1. The van der Waals surface area contributed by atoms with Crippen LogP contribution in [-0.2, 0) is 6.54 Å². The molecule has 116 valence electrons. The van der Waals surface area contributed by atoms with E-state index in [-0.39, 0.29) is 5.69 Å². The molecule has 1 atom stereocenters. The summed E-state index contributed by atoms with van der Waals surface area (Å²) < 4.78 is 13.4. The van der Waals surface area contributed by atoms with E-state index in [2.05, 4.69) is 12.2 Å². The minimum Gasteiger partial charge on any atom is -0.310 e. The van der Waals surface area contributed by atoms with Crippen molar-refractivity contribution in [1.29, 1.82) is 0 Å². The lowest BCUT2D eigenvalue weighted by atomic mass is 9.93. The van der Waals surface area contributed by atoms with Crippen molar-refractivity contribution in [3.05, 3.63) is 39.7 Å². The molecular formula is C16H23FN2O2. The molecule has 0 spiro atoms. The summed E-state index contributed by atoms with van der Waals surface area (Å²) in [5.41, 5.74) is 0.441. The number of hydrogen-bond acceptors (Lipinski definition) is 3. The van der Waals surface area contributed by atoms with E-state index in [0.717, 1.165) is 6.07 Å². The molecule has 21 heavy (non-hydrogen) atoms. The highest BCUT2D eigenvalue weighted by Crippen LogP contribution is 2.25. The summed E-state index contributed by atoms with van der Waals surface area (Å²) in [6, 6.07) is 4.11. The molecule has 4 nitrogen and oxygen atoms in total. The highest BCUT2D eigenvalue weighted by Gasteiger charge is 2.19. The van der Waals surface area contributed by atoms with Gasteiger partial charge in [-0.2, -0.15) is 0 Å². The third-order valence-electron chi connectivity index (χ3n) is 4.39. The largest absolute Gasteiger partial charge is 0.310 e. The van der Waals surface area contributed by atoms with Gasteiger partial charge in [-0.1, -0.05) is 25.7 Å². The Balaban J connectivity index is 1.94. The fraction of sp³-hybridized carbons (Fsp3) is 0.625. The number of rotatable bonds is 5. The third-order valence-corrected chi connectivity index (χ3v) is 4.39. The van der Waals surface area contributed by atoms with Crippen molar-refractivity contribution < 1.29 is 9.31 Å². The van der Waals surface area contributed by atoms with Gasteiger partial charge in [-0.25, -0.2) is 4.39 Å². The maximum Gasteiger partial charge on any atom is 0.272 e. The van der Waals surface area contributed by atoms with Gasteiger partial charge >= 0.3 is 0 Å². The molecule has 0 heterocycles. The Kier molecular flexibility index (Phi) is 5.67. The van der Waals surface area contributed by atoms with Gasteiger partial charge in [0.2, 0.25) is 0 Å². The first-order valence-corrected chi connectivity index (χ1v) is 7.73. The smallest absolute Gasteiger partial charge is 0.272 e. The molecule has 1 aromatic rings. The van der Waals surface area contributed by atoms with Crippen LogP contribution >= 0.6 is 0 Å². The highest BCUT2D eigenvalue weighted by atomic mass is 19.1. The summed E-state index contributed by atoms with van der Waals surface area (Å²) >= 11 is 0. The van der Waals surface area contributed by atoms with Crippen LogP contribution in [0.15, 0.2) is 18.2 Å². The van der Waals surface area contributed by atoms with Gasteiger partial charge in [-0.15, -0.1) is 0 Å². The minimum atomic E-state index is -0.554. The van der Waals surface area contributed by atoms with Crippen molar-refractivity contribution in [3.8, 4) is 0 Å². The Morgan fingerprint density at radius 2 is 1.95 bits per heavy atom. The van der Waals surface area contributed by atoms with Crippen LogP contribution in [-0.4, -0.2) is 11.0 Å². The average molecular weight is 294 g/mol. The van der Waals surface area contributed by atoms with Crippen LogP contribution in [0, 0.1) is 21.8 Å². The molecule has 1 aliphatic rings. The molecule has 1 N–H and O–H groups in total. The molecule has 0 aliphatic heterocycles. The third kappa shape index (κ3) is 4.77. The first-order chi connectivity index (χ1) is 10.1.